The quantitative estimate of drug-likeness (QED) is 0.915. The lowest BCUT2D eigenvalue weighted by atomic mass is 9.82. The van der Waals surface area contributed by atoms with Crippen LogP contribution in [0.2, 0.25) is 0 Å². The highest BCUT2D eigenvalue weighted by Gasteiger charge is 2.29. The van der Waals surface area contributed by atoms with Crippen LogP contribution in [0, 0.1) is 11.3 Å². The molecule has 2 aliphatic rings. The minimum absolute atomic E-state index is 0.358. The van der Waals surface area contributed by atoms with Gasteiger partial charge in [-0.1, -0.05) is 40.5 Å². The molecule has 1 saturated carbocycles. The number of imidazole rings is 1. The smallest absolute Gasteiger partial charge is 0.112 e. The molecule has 1 aliphatic heterocycles. The Kier molecular flexibility index (Phi) is 4.13. The molecule has 0 radical (unpaired) electrons. The summed E-state index contributed by atoms with van der Waals surface area (Å²) in [6.07, 6.45) is 6.59. The van der Waals surface area contributed by atoms with E-state index in [1.165, 1.54) is 42.9 Å². The molecule has 1 aromatic rings. The zero-order chi connectivity index (χ0) is 15.0. The summed E-state index contributed by atoms with van der Waals surface area (Å²) in [5, 5.41) is 3.48. The van der Waals surface area contributed by atoms with Gasteiger partial charge in [0.05, 0.1) is 5.69 Å². The molecule has 1 aromatic heterocycles. The Hall–Kier alpha value is -0.830. The molecular formula is C18H31N3. The van der Waals surface area contributed by atoms with Crippen molar-refractivity contribution in [2.24, 2.45) is 11.3 Å². The zero-order valence-electron chi connectivity index (χ0n) is 14.2. The maximum atomic E-state index is 5.07. The topological polar surface area (TPSA) is 29.9 Å². The number of rotatable bonds is 3. The molecule has 1 atom stereocenters. The third-order valence-corrected chi connectivity index (χ3v) is 5.67. The molecule has 1 aliphatic carbocycles. The summed E-state index contributed by atoms with van der Waals surface area (Å²) in [7, 11) is 0. The van der Waals surface area contributed by atoms with Gasteiger partial charge in [0.1, 0.15) is 5.82 Å². The third kappa shape index (κ3) is 3.03. The summed E-state index contributed by atoms with van der Waals surface area (Å²) >= 11 is 0. The minimum atomic E-state index is 0.358. The van der Waals surface area contributed by atoms with Crippen molar-refractivity contribution in [3.05, 3.63) is 17.2 Å². The van der Waals surface area contributed by atoms with Crippen molar-refractivity contribution in [3.8, 4) is 0 Å². The highest BCUT2D eigenvalue weighted by atomic mass is 15.1. The molecule has 0 spiro atoms. The first-order valence-electron chi connectivity index (χ1n) is 8.75. The van der Waals surface area contributed by atoms with Crippen molar-refractivity contribution in [3.63, 3.8) is 0 Å². The second-order valence-corrected chi connectivity index (χ2v) is 8.15. The monoisotopic (exact) mass is 289 g/mol. The predicted octanol–water partition coefficient (Wildman–Crippen LogP) is 3.87. The molecule has 0 bridgehead atoms. The Bertz CT molecular complexity index is 489. The lowest BCUT2D eigenvalue weighted by molar-refractivity contribution is 0.227. The van der Waals surface area contributed by atoms with Crippen LogP contribution in [0.1, 0.15) is 76.5 Å². The molecule has 0 saturated heterocycles. The van der Waals surface area contributed by atoms with Gasteiger partial charge in [-0.25, -0.2) is 4.98 Å². The first-order valence-corrected chi connectivity index (χ1v) is 8.75. The van der Waals surface area contributed by atoms with Crippen molar-refractivity contribution in [2.75, 3.05) is 6.54 Å². The predicted molar refractivity (Wildman–Crippen MR) is 87.5 cm³/mol. The number of nitrogens with one attached hydrogen (secondary N) is 1. The lowest BCUT2D eigenvalue weighted by Crippen LogP contribution is -2.28. The lowest BCUT2D eigenvalue weighted by Gasteiger charge is -2.30. The number of fused-ring (bicyclic) bond motifs is 1. The fraction of sp³-hybridized carbons (Fsp3) is 0.833. The molecule has 3 heteroatoms. The van der Waals surface area contributed by atoms with Gasteiger partial charge >= 0.3 is 0 Å². The van der Waals surface area contributed by atoms with Crippen LogP contribution in [0.15, 0.2) is 0 Å². The molecule has 2 heterocycles. The van der Waals surface area contributed by atoms with Crippen LogP contribution < -0.4 is 5.32 Å². The van der Waals surface area contributed by atoms with Crippen LogP contribution in [0.5, 0.6) is 0 Å². The van der Waals surface area contributed by atoms with Crippen molar-refractivity contribution in [1.82, 2.24) is 14.9 Å². The van der Waals surface area contributed by atoms with E-state index >= 15 is 0 Å². The maximum Gasteiger partial charge on any atom is 0.112 e. The van der Waals surface area contributed by atoms with Gasteiger partial charge in [0, 0.05) is 37.7 Å². The second kappa shape index (κ2) is 5.75. The normalized spacial score (nSPS) is 21.5. The first-order chi connectivity index (χ1) is 9.97. The second-order valence-electron chi connectivity index (χ2n) is 8.15. The molecule has 1 N–H and O–H groups in total. The Morgan fingerprint density at radius 3 is 2.67 bits per heavy atom. The molecule has 1 unspecified atom stereocenters. The van der Waals surface area contributed by atoms with Crippen LogP contribution in [0.4, 0.5) is 0 Å². The van der Waals surface area contributed by atoms with E-state index < -0.39 is 0 Å². The summed E-state index contributed by atoms with van der Waals surface area (Å²) in [6.45, 7) is 12.7. The van der Waals surface area contributed by atoms with Crippen LogP contribution in [0.3, 0.4) is 0 Å². The van der Waals surface area contributed by atoms with Gasteiger partial charge in [-0.05, 0) is 24.2 Å². The summed E-state index contributed by atoms with van der Waals surface area (Å²) < 4.78 is 2.61. The summed E-state index contributed by atoms with van der Waals surface area (Å²) in [4.78, 5) is 5.07. The largest absolute Gasteiger partial charge is 0.331 e. The minimum Gasteiger partial charge on any atom is -0.331 e. The molecule has 21 heavy (non-hydrogen) atoms. The number of nitrogens with zero attached hydrogens (tertiary/aromatic N) is 2. The molecule has 3 nitrogen and oxygen atoms in total. The first kappa shape index (κ1) is 15.1. The number of hydrogen-bond donors (Lipinski definition) is 1. The van der Waals surface area contributed by atoms with Crippen LogP contribution in [-0.4, -0.2) is 16.1 Å². The van der Waals surface area contributed by atoms with Crippen LogP contribution in [-0.2, 0) is 19.5 Å². The van der Waals surface area contributed by atoms with Gasteiger partial charge in [0.25, 0.3) is 0 Å². The van der Waals surface area contributed by atoms with E-state index in [0.717, 1.165) is 26.1 Å². The highest BCUT2D eigenvalue weighted by Crippen LogP contribution is 2.36. The van der Waals surface area contributed by atoms with E-state index in [1.807, 2.05) is 0 Å². The fourth-order valence-corrected chi connectivity index (χ4v) is 3.64. The standard InChI is InChI=1S/C18H31N3/c1-13(18(2,3)4)12-21-16-9-10-19-11-15(16)20-17(21)14-7-5-6-8-14/h13-14,19H,5-12H2,1-4H3. The molecule has 3 rings (SSSR count). The zero-order valence-corrected chi connectivity index (χ0v) is 14.2. The fourth-order valence-electron chi connectivity index (χ4n) is 3.64. The summed E-state index contributed by atoms with van der Waals surface area (Å²) in [5.41, 5.74) is 3.20. The Labute approximate surface area is 129 Å². The van der Waals surface area contributed by atoms with Gasteiger partial charge in [-0.15, -0.1) is 0 Å². The Morgan fingerprint density at radius 2 is 2.00 bits per heavy atom. The van der Waals surface area contributed by atoms with Crippen LogP contribution in [0.25, 0.3) is 0 Å². The maximum absolute atomic E-state index is 5.07. The van der Waals surface area contributed by atoms with Crippen molar-refractivity contribution in [1.29, 1.82) is 0 Å². The molecular weight excluding hydrogens is 258 g/mol. The third-order valence-electron chi connectivity index (χ3n) is 5.67. The van der Waals surface area contributed by atoms with E-state index in [-0.39, 0.29) is 0 Å². The van der Waals surface area contributed by atoms with E-state index in [9.17, 15) is 0 Å². The van der Waals surface area contributed by atoms with Crippen molar-refractivity contribution >= 4 is 0 Å². The Morgan fingerprint density at radius 1 is 1.29 bits per heavy atom. The van der Waals surface area contributed by atoms with Gasteiger partial charge in [-0.2, -0.15) is 0 Å². The molecule has 1 fully saturated rings. The van der Waals surface area contributed by atoms with Gasteiger partial charge in [0.15, 0.2) is 0 Å². The SMILES string of the molecule is CC(Cn1c(C2CCCC2)nc2c1CCNC2)C(C)(C)C. The number of aromatic nitrogens is 2. The van der Waals surface area contributed by atoms with E-state index in [0.29, 0.717) is 17.3 Å². The van der Waals surface area contributed by atoms with E-state index in [1.54, 1.807) is 0 Å². The van der Waals surface area contributed by atoms with E-state index in [2.05, 4.69) is 37.6 Å². The Balaban J connectivity index is 1.93. The molecule has 0 aromatic carbocycles. The van der Waals surface area contributed by atoms with Gasteiger partial charge in [0.2, 0.25) is 0 Å². The van der Waals surface area contributed by atoms with Gasteiger partial charge in [-0.3, -0.25) is 0 Å². The average molecular weight is 289 g/mol. The summed E-state index contributed by atoms with van der Waals surface area (Å²) in [6, 6.07) is 0. The van der Waals surface area contributed by atoms with Gasteiger partial charge < -0.3 is 9.88 Å². The molecule has 118 valence electrons. The van der Waals surface area contributed by atoms with Crippen LogP contribution >= 0.6 is 0 Å². The average Bonchev–Trinajstić information content (AvgIpc) is 3.05. The highest BCUT2D eigenvalue weighted by molar-refractivity contribution is 5.22. The van der Waals surface area contributed by atoms with E-state index in [4.69, 9.17) is 4.98 Å². The summed E-state index contributed by atoms with van der Waals surface area (Å²) in [5.74, 6) is 2.78. The van der Waals surface area contributed by atoms with Crippen molar-refractivity contribution in [2.45, 2.75) is 78.8 Å². The van der Waals surface area contributed by atoms with Crippen molar-refractivity contribution < 1.29 is 0 Å². The number of hydrogen-bond acceptors (Lipinski definition) is 2. The molecule has 0 amide bonds.